The highest BCUT2D eigenvalue weighted by Gasteiger charge is 2.31. The van der Waals surface area contributed by atoms with Crippen LogP contribution < -0.4 is 15.0 Å². The number of nitrogens with zero attached hydrogens (tertiary/aromatic N) is 3. The zero-order valence-electron chi connectivity index (χ0n) is 18.6. The molecule has 0 atom stereocenters. The molecule has 3 heterocycles. The van der Waals surface area contributed by atoms with Crippen LogP contribution in [0, 0.1) is 0 Å². The first-order valence-corrected chi connectivity index (χ1v) is 11.9. The molecule has 0 unspecified atom stereocenters. The Morgan fingerprint density at radius 3 is 2.53 bits per heavy atom. The molecule has 34 heavy (non-hydrogen) atoms. The van der Waals surface area contributed by atoms with E-state index in [-0.39, 0.29) is 18.4 Å². The fourth-order valence-corrected chi connectivity index (χ4v) is 4.64. The van der Waals surface area contributed by atoms with Gasteiger partial charge in [0.2, 0.25) is 5.91 Å². The summed E-state index contributed by atoms with van der Waals surface area (Å²) in [6, 6.07) is 10.2. The topological polar surface area (TPSA) is 67.3 Å². The van der Waals surface area contributed by atoms with E-state index in [1.54, 1.807) is 0 Å². The second kappa shape index (κ2) is 10.4. The number of carbonyl (C=O) groups is 1. The molecular formula is C24H25F3N4O2S. The van der Waals surface area contributed by atoms with Crippen LogP contribution in [0.5, 0.6) is 5.75 Å². The Morgan fingerprint density at radius 2 is 1.91 bits per heavy atom. The van der Waals surface area contributed by atoms with Gasteiger partial charge in [0.05, 0.1) is 24.3 Å². The molecule has 1 aliphatic rings. The molecule has 1 saturated heterocycles. The monoisotopic (exact) mass is 490 g/mol. The Labute approximate surface area is 199 Å². The van der Waals surface area contributed by atoms with Crippen molar-refractivity contribution in [3.63, 3.8) is 0 Å². The maximum absolute atomic E-state index is 12.7. The molecule has 10 heteroatoms. The minimum absolute atomic E-state index is 0.0161. The van der Waals surface area contributed by atoms with Gasteiger partial charge < -0.3 is 15.0 Å². The summed E-state index contributed by atoms with van der Waals surface area (Å²) in [7, 11) is 0. The number of alkyl halides is 3. The maximum Gasteiger partial charge on any atom is 0.417 e. The third-order valence-electron chi connectivity index (χ3n) is 5.56. The van der Waals surface area contributed by atoms with Crippen molar-refractivity contribution in [1.82, 2.24) is 15.3 Å². The summed E-state index contributed by atoms with van der Waals surface area (Å²) in [5.74, 6) is 1.24. The van der Waals surface area contributed by atoms with Crippen LogP contribution in [0.4, 0.5) is 19.0 Å². The van der Waals surface area contributed by atoms with Gasteiger partial charge in [0, 0.05) is 36.3 Å². The molecule has 0 saturated carbocycles. The maximum atomic E-state index is 12.7. The SMILES string of the molecule is CCOc1ccc(-c2nc(CC(=O)NC3CCN(c4ccc(C(F)(F)F)cn4)CC3)cs2)cc1. The quantitative estimate of drug-likeness (QED) is 0.508. The highest BCUT2D eigenvalue weighted by molar-refractivity contribution is 7.13. The van der Waals surface area contributed by atoms with Crippen LogP contribution in [-0.2, 0) is 17.4 Å². The van der Waals surface area contributed by atoms with Crippen molar-refractivity contribution in [1.29, 1.82) is 0 Å². The first kappa shape index (κ1) is 24.0. The van der Waals surface area contributed by atoms with Gasteiger partial charge in [-0.3, -0.25) is 4.79 Å². The molecule has 180 valence electrons. The van der Waals surface area contributed by atoms with Gasteiger partial charge in [-0.25, -0.2) is 9.97 Å². The van der Waals surface area contributed by atoms with E-state index in [4.69, 9.17) is 4.74 Å². The highest BCUT2D eigenvalue weighted by Crippen LogP contribution is 2.30. The lowest BCUT2D eigenvalue weighted by atomic mass is 10.0. The van der Waals surface area contributed by atoms with Gasteiger partial charge in [-0.1, -0.05) is 0 Å². The van der Waals surface area contributed by atoms with E-state index in [2.05, 4.69) is 15.3 Å². The van der Waals surface area contributed by atoms with E-state index in [1.165, 1.54) is 17.4 Å². The molecule has 2 aromatic heterocycles. The highest BCUT2D eigenvalue weighted by atomic mass is 32.1. The number of anilines is 1. The Morgan fingerprint density at radius 1 is 1.18 bits per heavy atom. The van der Waals surface area contributed by atoms with Crippen molar-refractivity contribution >= 4 is 23.1 Å². The fourth-order valence-electron chi connectivity index (χ4n) is 3.82. The van der Waals surface area contributed by atoms with Crippen LogP contribution in [0.3, 0.4) is 0 Å². The summed E-state index contributed by atoms with van der Waals surface area (Å²) in [5.41, 5.74) is 0.938. The summed E-state index contributed by atoms with van der Waals surface area (Å²) in [6.07, 6.45) is -1.94. The van der Waals surface area contributed by atoms with Gasteiger partial charge in [-0.05, 0) is 56.2 Å². The van der Waals surface area contributed by atoms with Crippen LogP contribution in [0.15, 0.2) is 48.0 Å². The zero-order chi connectivity index (χ0) is 24.1. The average Bonchev–Trinajstić information content (AvgIpc) is 3.28. The molecule has 1 fully saturated rings. The Balaban J connectivity index is 1.25. The van der Waals surface area contributed by atoms with Gasteiger partial charge >= 0.3 is 6.18 Å². The van der Waals surface area contributed by atoms with Crippen LogP contribution in [0.25, 0.3) is 10.6 Å². The molecule has 1 aliphatic heterocycles. The second-order valence-electron chi connectivity index (χ2n) is 8.01. The zero-order valence-corrected chi connectivity index (χ0v) is 19.5. The number of rotatable bonds is 7. The van der Waals surface area contributed by atoms with Gasteiger partial charge in [0.1, 0.15) is 16.6 Å². The van der Waals surface area contributed by atoms with Crippen molar-refractivity contribution in [2.75, 3.05) is 24.6 Å². The Bertz CT molecular complexity index is 1090. The van der Waals surface area contributed by atoms with Crippen molar-refractivity contribution in [2.24, 2.45) is 0 Å². The molecule has 1 amide bonds. The number of amides is 1. The van der Waals surface area contributed by atoms with Crippen molar-refractivity contribution in [2.45, 2.75) is 38.4 Å². The van der Waals surface area contributed by atoms with E-state index >= 15 is 0 Å². The van der Waals surface area contributed by atoms with Crippen LogP contribution in [0.1, 0.15) is 31.0 Å². The number of piperidine rings is 1. The van der Waals surface area contributed by atoms with Crippen LogP contribution in [0.2, 0.25) is 0 Å². The number of aromatic nitrogens is 2. The van der Waals surface area contributed by atoms with E-state index in [1.807, 2.05) is 41.5 Å². The lowest BCUT2D eigenvalue weighted by molar-refractivity contribution is -0.137. The lowest BCUT2D eigenvalue weighted by Crippen LogP contribution is -2.45. The van der Waals surface area contributed by atoms with E-state index in [0.717, 1.165) is 34.3 Å². The number of benzene rings is 1. The number of thiazole rings is 1. The average molecular weight is 491 g/mol. The van der Waals surface area contributed by atoms with Gasteiger partial charge in [0.25, 0.3) is 0 Å². The van der Waals surface area contributed by atoms with Crippen LogP contribution in [-0.4, -0.2) is 41.6 Å². The Kier molecular flexibility index (Phi) is 7.35. The number of hydrogen-bond acceptors (Lipinski definition) is 6. The molecule has 3 aromatic rings. The van der Waals surface area contributed by atoms with Gasteiger partial charge in [-0.2, -0.15) is 13.2 Å². The summed E-state index contributed by atoms with van der Waals surface area (Å²) in [6.45, 7) is 3.77. The first-order valence-electron chi connectivity index (χ1n) is 11.1. The number of hydrogen-bond donors (Lipinski definition) is 1. The van der Waals surface area contributed by atoms with Gasteiger partial charge in [-0.15, -0.1) is 11.3 Å². The number of nitrogens with one attached hydrogen (secondary N) is 1. The lowest BCUT2D eigenvalue weighted by Gasteiger charge is -2.33. The number of ether oxygens (including phenoxy) is 1. The van der Waals surface area contributed by atoms with Crippen LogP contribution >= 0.6 is 11.3 Å². The molecule has 1 N–H and O–H groups in total. The van der Waals surface area contributed by atoms with Crippen molar-refractivity contribution in [3.05, 3.63) is 59.2 Å². The van der Waals surface area contributed by atoms with E-state index < -0.39 is 11.7 Å². The number of carbonyl (C=O) groups excluding carboxylic acids is 1. The molecule has 0 aliphatic carbocycles. The minimum Gasteiger partial charge on any atom is -0.494 e. The summed E-state index contributed by atoms with van der Waals surface area (Å²) < 4.78 is 43.6. The van der Waals surface area contributed by atoms with Crippen molar-refractivity contribution < 1.29 is 22.7 Å². The summed E-state index contributed by atoms with van der Waals surface area (Å²) >= 11 is 1.49. The predicted molar refractivity (Wildman–Crippen MR) is 125 cm³/mol. The van der Waals surface area contributed by atoms with Crippen molar-refractivity contribution in [3.8, 4) is 16.3 Å². The minimum atomic E-state index is -4.39. The third kappa shape index (κ3) is 6.05. The molecule has 1 aromatic carbocycles. The normalized spacial score (nSPS) is 14.8. The van der Waals surface area contributed by atoms with E-state index in [9.17, 15) is 18.0 Å². The van der Waals surface area contributed by atoms with E-state index in [0.29, 0.717) is 38.4 Å². The predicted octanol–water partition coefficient (Wildman–Crippen LogP) is 4.95. The molecule has 0 radical (unpaired) electrons. The number of halogens is 3. The summed E-state index contributed by atoms with van der Waals surface area (Å²) in [5, 5.41) is 5.80. The molecule has 0 spiro atoms. The molecule has 4 rings (SSSR count). The van der Waals surface area contributed by atoms with Gasteiger partial charge in [0.15, 0.2) is 0 Å². The fraction of sp³-hybridized carbons (Fsp3) is 0.375. The molecular weight excluding hydrogens is 465 g/mol. The smallest absolute Gasteiger partial charge is 0.417 e. The Hall–Kier alpha value is -3.14. The second-order valence-corrected chi connectivity index (χ2v) is 8.87. The largest absolute Gasteiger partial charge is 0.494 e. The number of pyridine rings is 1. The standard InChI is InChI=1S/C24H25F3N4O2S/c1-2-33-20-6-3-16(4-7-20)23-30-19(15-34-23)13-22(32)29-18-9-11-31(12-10-18)21-8-5-17(14-28-21)24(25,26)27/h3-8,14-15,18H,2,9-13H2,1H3,(H,29,32). The first-order chi connectivity index (χ1) is 16.3. The molecule has 6 nitrogen and oxygen atoms in total. The molecule has 0 bridgehead atoms. The summed E-state index contributed by atoms with van der Waals surface area (Å²) in [4.78, 5) is 23.0. The third-order valence-corrected chi connectivity index (χ3v) is 6.51.